The minimum Gasteiger partial charge on any atom is -0.506 e. The summed E-state index contributed by atoms with van der Waals surface area (Å²) in [4.78, 5) is 11.7. The molecule has 1 aliphatic heterocycles. The molecule has 1 atom stereocenters. The summed E-state index contributed by atoms with van der Waals surface area (Å²) in [6.07, 6.45) is 0. The van der Waals surface area contributed by atoms with Crippen LogP contribution in [-0.2, 0) is 4.79 Å². The van der Waals surface area contributed by atoms with E-state index in [9.17, 15) is 9.90 Å². The Kier molecular flexibility index (Phi) is 3.58. The number of phenolic OH excluding ortho intramolecular Hbond substituents is 1. The molecule has 0 radical (unpaired) electrons. The summed E-state index contributed by atoms with van der Waals surface area (Å²) < 4.78 is 0. The first-order chi connectivity index (χ1) is 7.66. The number of anilines is 1. The number of carbonyl (C=O) groups excluding carboxylic acids is 1. The van der Waals surface area contributed by atoms with Crippen LogP contribution < -0.4 is 10.6 Å². The Morgan fingerprint density at radius 1 is 1.62 bits per heavy atom. The summed E-state index contributed by atoms with van der Waals surface area (Å²) in [6, 6.07) is 4.44. The smallest absolute Gasteiger partial charge is 0.242 e. The van der Waals surface area contributed by atoms with E-state index in [2.05, 4.69) is 10.6 Å². The zero-order valence-electron chi connectivity index (χ0n) is 8.37. The Labute approximate surface area is 102 Å². The van der Waals surface area contributed by atoms with E-state index in [0.29, 0.717) is 5.69 Å². The molecule has 1 aliphatic rings. The second-order valence-corrected chi connectivity index (χ2v) is 4.86. The molecule has 2 rings (SSSR count). The van der Waals surface area contributed by atoms with E-state index >= 15 is 0 Å². The monoisotopic (exact) mass is 258 g/mol. The summed E-state index contributed by atoms with van der Waals surface area (Å²) in [7, 11) is 0. The van der Waals surface area contributed by atoms with E-state index in [1.807, 2.05) is 0 Å². The van der Waals surface area contributed by atoms with Crippen molar-refractivity contribution >= 4 is 35.0 Å². The normalized spacial score (nSPS) is 19.7. The number of phenols is 1. The molecule has 0 aliphatic carbocycles. The number of benzene rings is 1. The molecule has 1 aromatic carbocycles. The van der Waals surface area contributed by atoms with Gasteiger partial charge in [0, 0.05) is 17.3 Å². The van der Waals surface area contributed by atoms with Crippen molar-refractivity contribution in [2.24, 2.45) is 0 Å². The van der Waals surface area contributed by atoms with Crippen LogP contribution in [0.2, 0.25) is 5.02 Å². The van der Waals surface area contributed by atoms with Crippen LogP contribution in [-0.4, -0.2) is 28.7 Å². The molecule has 4 nitrogen and oxygen atoms in total. The van der Waals surface area contributed by atoms with Gasteiger partial charge in [-0.3, -0.25) is 10.1 Å². The van der Waals surface area contributed by atoms with E-state index in [4.69, 9.17) is 11.6 Å². The van der Waals surface area contributed by atoms with Gasteiger partial charge in [-0.05, 0) is 18.2 Å². The molecular weight excluding hydrogens is 248 g/mol. The molecule has 0 spiro atoms. The first kappa shape index (κ1) is 11.6. The summed E-state index contributed by atoms with van der Waals surface area (Å²) in [5.74, 6) is 1.51. The highest BCUT2D eigenvalue weighted by Gasteiger charge is 2.22. The molecule has 86 valence electrons. The van der Waals surface area contributed by atoms with Gasteiger partial charge in [-0.15, -0.1) is 11.8 Å². The van der Waals surface area contributed by atoms with E-state index in [0.717, 1.165) is 11.6 Å². The number of hydrogen-bond acceptors (Lipinski definition) is 4. The minimum atomic E-state index is -0.155. The number of hydrogen-bond donors (Lipinski definition) is 3. The number of aromatic hydroxyl groups is 1. The lowest BCUT2D eigenvalue weighted by molar-refractivity contribution is -0.117. The fraction of sp³-hybridized carbons (Fsp3) is 0.300. The van der Waals surface area contributed by atoms with Crippen LogP contribution in [0.1, 0.15) is 0 Å². The van der Waals surface area contributed by atoms with Crippen molar-refractivity contribution in [1.29, 1.82) is 0 Å². The van der Waals surface area contributed by atoms with Crippen LogP contribution in [0.5, 0.6) is 5.75 Å². The Bertz CT molecular complexity index is 408. The first-order valence-electron chi connectivity index (χ1n) is 4.77. The lowest BCUT2D eigenvalue weighted by atomic mass is 10.2. The van der Waals surface area contributed by atoms with Crippen LogP contribution in [0, 0.1) is 0 Å². The second-order valence-electron chi connectivity index (χ2n) is 3.43. The maximum atomic E-state index is 11.7. The van der Waals surface area contributed by atoms with Gasteiger partial charge in [-0.25, -0.2) is 0 Å². The van der Waals surface area contributed by atoms with Gasteiger partial charge in [0.05, 0.1) is 11.1 Å². The van der Waals surface area contributed by atoms with Gasteiger partial charge in [0.15, 0.2) is 0 Å². The van der Waals surface area contributed by atoms with Gasteiger partial charge in [-0.1, -0.05) is 11.6 Å². The molecule has 1 fully saturated rings. The molecule has 1 saturated heterocycles. The Balaban J connectivity index is 2.02. The second kappa shape index (κ2) is 4.95. The van der Waals surface area contributed by atoms with Crippen molar-refractivity contribution in [3.8, 4) is 5.75 Å². The maximum Gasteiger partial charge on any atom is 0.242 e. The zero-order valence-corrected chi connectivity index (χ0v) is 9.94. The number of nitrogens with one attached hydrogen (secondary N) is 2. The standard InChI is InChI=1S/C10H11ClN2O2S/c11-7-3-6(1-2-9(7)14)13-10(15)8-4-16-5-12-8/h1-3,8,12,14H,4-5H2,(H,13,15). The van der Waals surface area contributed by atoms with Crippen molar-refractivity contribution in [2.75, 3.05) is 16.9 Å². The third-order valence-corrected chi connectivity index (χ3v) is 3.49. The first-order valence-corrected chi connectivity index (χ1v) is 6.30. The zero-order chi connectivity index (χ0) is 11.5. The van der Waals surface area contributed by atoms with Crippen LogP contribution in [0.25, 0.3) is 0 Å². The number of carbonyl (C=O) groups is 1. The lowest BCUT2D eigenvalue weighted by Gasteiger charge is -2.10. The highest BCUT2D eigenvalue weighted by atomic mass is 35.5. The van der Waals surface area contributed by atoms with E-state index in [-0.39, 0.29) is 22.7 Å². The molecule has 0 aromatic heterocycles. The average molecular weight is 259 g/mol. The lowest BCUT2D eigenvalue weighted by Crippen LogP contribution is -2.37. The molecule has 3 N–H and O–H groups in total. The quantitative estimate of drug-likeness (QED) is 0.706. The van der Waals surface area contributed by atoms with Gasteiger partial charge in [0.1, 0.15) is 5.75 Å². The number of halogens is 1. The Hall–Kier alpha value is -0.910. The van der Waals surface area contributed by atoms with Crippen molar-refractivity contribution < 1.29 is 9.90 Å². The fourth-order valence-corrected chi connectivity index (χ4v) is 2.50. The van der Waals surface area contributed by atoms with E-state index < -0.39 is 0 Å². The highest BCUT2D eigenvalue weighted by Crippen LogP contribution is 2.26. The Morgan fingerprint density at radius 2 is 2.44 bits per heavy atom. The number of thioether (sulfide) groups is 1. The number of amides is 1. The van der Waals surface area contributed by atoms with Gasteiger partial charge >= 0.3 is 0 Å². The van der Waals surface area contributed by atoms with Crippen LogP contribution >= 0.6 is 23.4 Å². The van der Waals surface area contributed by atoms with Crippen molar-refractivity contribution in [3.05, 3.63) is 23.2 Å². The third kappa shape index (κ3) is 2.61. The third-order valence-electron chi connectivity index (χ3n) is 2.25. The molecule has 1 unspecified atom stereocenters. The molecule has 16 heavy (non-hydrogen) atoms. The molecule has 1 amide bonds. The fourth-order valence-electron chi connectivity index (χ4n) is 1.38. The predicted octanol–water partition coefficient (Wildman–Crippen LogP) is 1.65. The van der Waals surface area contributed by atoms with Crippen LogP contribution in [0.4, 0.5) is 5.69 Å². The SMILES string of the molecule is O=C(Nc1ccc(O)c(Cl)c1)C1CSCN1. The topological polar surface area (TPSA) is 61.4 Å². The van der Waals surface area contributed by atoms with Gasteiger partial charge < -0.3 is 10.4 Å². The molecule has 1 heterocycles. The Morgan fingerprint density at radius 3 is 3.06 bits per heavy atom. The minimum absolute atomic E-state index is 0.00853. The van der Waals surface area contributed by atoms with E-state index in [1.165, 1.54) is 12.1 Å². The molecule has 0 saturated carbocycles. The predicted molar refractivity (Wildman–Crippen MR) is 66.0 cm³/mol. The molecular formula is C10H11ClN2O2S. The van der Waals surface area contributed by atoms with Gasteiger partial charge in [-0.2, -0.15) is 0 Å². The summed E-state index contributed by atoms with van der Waals surface area (Å²) in [6.45, 7) is 0. The molecule has 0 bridgehead atoms. The summed E-state index contributed by atoms with van der Waals surface area (Å²) >= 11 is 7.42. The van der Waals surface area contributed by atoms with Gasteiger partial charge in [0.2, 0.25) is 5.91 Å². The van der Waals surface area contributed by atoms with Crippen molar-refractivity contribution in [3.63, 3.8) is 0 Å². The maximum absolute atomic E-state index is 11.7. The molecule has 6 heteroatoms. The highest BCUT2D eigenvalue weighted by molar-refractivity contribution is 7.99. The summed E-state index contributed by atoms with van der Waals surface area (Å²) in [5.41, 5.74) is 0.589. The number of rotatable bonds is 2. The van der Waals surface area contributed by atoms with Crippen molar-refractivity contribution in [2.45, 2.75) is 6.04 Å². The van der Waals surface area contributed by atoms with Crippen molar-refractivity contribution in [1.82, 2.24) is 5.32 Å². The largest absolute Gasteiger partial charge is 0.506 e. The summed E-state index contributed by atoms with van der Waals surface area (Å²) in [5, 5.41) is 15.3. The molecule has 1 aromatic rings. The van der Waals surface area contributed by atoms with Crippen LogP contribution in [0.15, 0.2) is 18.2 Å². The van der Waals surface area contributed by atoms with E-state index in [1.54, 1.807) is 17.8 Å². The van der Waals surface area contributed by atoms with Gasteiger partial charge in [0.25, 0.3) is 0 Å². The average Bonchev–Trinajstić information content (AvgIpc) is 2.77. The van der Waals surface area contributed by atoms with Crippen LogP contribution in [0.3, 0.4) is 0 Å².